The summed E-state index contributed by atoms with van der Waals surface area (Å²) in [7, 11) is 1.94. The van der Waals surface area contributed by atoms with Gasteiger partial charge in [-0.1, -0.05) is 18.2 Å². The van der Waals surface area contributed by atoms with Crippen LogP contribution in [0.15, 0.2) is 24.3 Å². The number of hydrogen-bond acceptors (Lipinski definition) is 1. The molecule has 0 radical (unpaired) electrons. The molecule has 1 rings (SSSR count). The van der Waals surface area contributed by atoms with Crippen LogP contribution in [-0.4, -0.2) is 23.9 Å². The summed E-state index contributed by atoms with van der Waals surface area (Å²) in [5.74, 6) is -0.151. The first-order valence-corrected chi connectivity index (χ1v) is 5.09. The van der Waals surface area contributed by atoms with Crippen LogP contribution in [0.5, 0.6) is 0 Å². The fourth-order valence-corrected chi connectivity index (χ4v) is 1.65. The lowest BCUT2D eigenvalue weighted by molar-refractivity contribution is 0.324. The van der Waals surface area contributed by atoms with Gasteiger partial charge in [0.15, 0.2) is 0 Å². The van der Waals surface area contributed by atoms with Gasteiger partial charge in [0.1, 0.15) is 5.82 Å². The van der Waals surface area contributed by atoms with Gasteiger partial charge in [0, 0.05) is 24.0 Å². The molecule has 0 saturated carbocycles. The molecule has 14 heavy (non-hydrogen) atoms. The SMILES string of the molecule is CC(Cl)CN(C)Cc1ccccc1F. The number of hydrogen-bond donors (Lipinski definition) is 0. The molecule has 1 aromatic rings. The molecule has 0 spiro atoms. The van der Waals surface area contributed by atoms with E-state index in [0.717, 1.165) is 6.54 Å². The average Bonchev–Trinajstić information content (AvgIpc) is 2.07. The molecular formula is C11H15ClFN. The normalized spacial score (nSPS) is 13.2. The zero-order chi connectivity index (χ0) is 10.6. The van der Waals surface area contributed by atoms with E-state index in [0.29, 0.717) is 12.1 Å². The quantitative estimate of drug-likeness (QED) is 0.699. The minimum absolute atomic E-state index is 0.0896. The van der Waals surface area contributed by atoms with Gasteiger partial charge in [0.2, 0.25) is 0 Å². The highest BCUT2D eigenvalue weighted by molar-refractivity contribution is 6.20. The maximum Gasteiger partial charge on any atom is 0.127 e. The lowest BCUT2D eigenvalue weighted by atomic mass is 10.2. The predicted molar refractivity (Wildman–Crippen MR) is 58.0 cm³/mol. The molecule has 0 saturated heterocycles. The molecule has 1 unspecified atom stereocenters. The van der Waals surface area contributed by atoms with Crippen LogP contribution in [0.25, 0.3) is 0 Å². The largest absolute Gasteiger partial charge is 0.301 e. The van der Waals surface area contributed by atoms with Gasteiger partial charge >= 0.3 is 0 Å². The Labute approximate surface area is 89.5 Å². The summed E-state index contributed by atoms with van der Waals surface area (Å²) in [6.07, 6.45) is 0. The second-order valence-corrected chi connectivity index (χ2v) is 4.31. The second-order valence-electron chi connectivity index (χ2n) is 3.57. The summed E-state index contributed by atoms with van der Waals surface area (Å²) in [5.41, 5.74) is 0.715. The van der Waals surface area contributed by atoms with E-state index >= 15 is 0 Å². The van der Waals surface area contributed by atoms with Gasteiger partial charge in [-0.05, 0) is 20.0 Å². The third-order valence-corrected chi connectivity index (χ3v) is 2.10. The lowest BCUT2D eigenvalue weighted by Gasteiger charge is -2.18. The molecule has 0 aromatic heterocycles. The van der Waals surface area contributed by atoms with Gasteiger partial charge in [0.25, 0.3) is 0 Å². The number of alkyl halides is 1. The van der Waals surface area contributed by atoms with E-state index < -0.39 is 0 Å². The molecule has 0 aliphatic heterocycles. The van der Waals surface area contributed by atoms with Crippen molar-refractivity contribution in [2.75, 3.05) is 13.6 Å². The third-order valence-electron chi connectivity index (χ3n) is 1.96. The van der Waals surface area contributed by atoms with E-state index in [4.69, 9.17) is 11.6 Å². The van der Waals surface area contributed by atoms with Crippen LogP contribution < -0.4 is 0 Å². The Hall–Kier alpha value is -0.600. The Balaban J connectivity index is 2.56. The first kappa shape index (κ1) is 11.5. The molecule has 0 aliphatic carbocycles. The Bertz CT molecular complexity index is 288. The number of nitrogens with zero attached hydrogens (tertiary/aromatic N) is 1. The summed E-state index contributed by atoms with van der Waals surface area (Å²) in [6.45, 7) is 3.29. The van der Waals surface area contributed by atoms with Gasteiger partial charge in [-0.25, -0.2) is 4.39 Å². The molecule has 0 bridgehead atoms. The third kappa shape index (κ3) is 3.64. The lowest BCUT2D eigenvalue weighted by Crippen LogP contribution is -2.24. The standard InChI is InChI=1S/C11H15ClFN/c1-9(12)7-14(2)8-10-5-3-4-6-11(10)13/h3-6,9H,7-8H2,1-2H3. The van der Waals surface area contributed by atoms with Crippen LogP contribution in [0, 0.1) is 5.82 Å². The number of halogens is 2. The first-order valence-electron chi connectivity index (χ1n) is 4.65. The molecule has 1 aromatic carbocycles. The molecule has 0 amide bonds. The van der Waals surface area contributed by atoms with Crippen molar-refractivity contribution < 1.29 is 4.39 Å². The van der Waals surface area contributed by atoms with Crippen molar-refractivity contribution >= 4 is 11.6 Å². The highest BCUT2D eigenvalue weighted by Gasteiger charge is 2.06. The summed E-state index contributed by atoms with van der Waals surface area (Å²) >= 11 is 5.84. The topological polar surface area (TPSA) is 3.24 Å². The van der Waals surface area contributed by atoms with E-state index in [1.54, 1.807) is 12.1 Å². The van der Waals surface area contributed by atoms with Crippen LogP contribution in [-0.2, 0) is 6.54 Å². The molecule has 0 N–H and O–H groups in total. The predicted octanol–water partition coefficient (Wildman–Crippen LogP) is 2.88. The molecule has 1 nitrogen and oxygen atoms in total. The Morgan fingerprint density at radius 3 is 2.64 bits per heavy atom. The molecule has 78 valence electrons. The van der Waals surface area contributed by atoms with Gasteiger partial charge < -0.3 is 4.90 Å². The van der Waals surface area contributed by atoms with Crippen molar-refractivity contribution in [3.05, 3.63) is 35.6 Å². The smallest absolute Gasteiger partial charge is 0.127 e. The van der Waals surface area contributed by atoms with E-state index in [2.05, 4.69) is 0 Å². The Kier molecular flexibility index (Phi) is 4.36. The van der Waals surface area contributed by atoms with Crippen molar-refractivity contribution in [2.24, 2.45) is 0 Å². The molecule has 1 atom stereocenters. The zero-order valence-corrected chi connectivity index (χ0v) is 9.26. The van der Waals surface area contributed by atoms with Gasteiger partial charge in [-0.2, -0.15) is 0 Å². The van der Waals surface area contributed by atoms with Crippen molar-refractivity contribution in [3.63, 3.8) is 0 Å². The summed E-state index contributed by atoms with van der Waals surface area (Å²) in [5, 5.41) is 0.0896. The van der Waals surface area contributed by atoms with Crippen molar-refractivity contribution in [2.45, 2.75) is 18.8 Å². The average molecular weight is 216 g/mol. The Morgan fingerprint density at radius 2 is 2.07 bits per heavy atom. The monoisotopic (exact) mass is 215 g/mol. The Morgan fingerprint density at radius 1 is 1.43 bits per heavy atom. The maximum atomic E-state index is 13.2. The van der Waals surface area contributed by atoms with Gasteiger partial charge in [-0.15, -0.1) is 11.6 Å². The summed E-state index contributed by atoms with van der Waals surface area (Å²) in [4.78, 5) is 2.01. The van der Waals surface area contributed by atoms with Gasteiger partial charge in [-0.3, -0.25) is 0 Å². The van der Waals surface area contributed by atoms with Crippen molar-refractivity contribution in [1.82, 2.24) is 4.90 Å². The molecule has 0 aliphatic rings. The minimum Gasteiger partial charge on any atom is -0.301 e. The maximum absolute atomic E-state index is 13.2. The zero-order valence-electron chi connectivity index (χ0n) is 8.50. The van der Waals surface area contributed by atoms with Crippen LogP contribution in [0.1, 0.15) is 12.5 Å². The molecular weight excluding hydrogens is 201 g/mol. The van der Waals surface area contributed by atoms with E-state index in [1.165, 1.54) is 6.07 Å². The highest BCUT2D eigenvalue weighted by atomic mass is 35.5. The van der Waals surface area contributed by atoms with Crippen LogP contribution >= 0.6 is 11.6 Å². The van der Waals surface area contributed by atoms with Crippen LogP contribution in [0.4, 0.5) is 4.39 Å². The van der Waals surface area contributed by atoms with Crippen molar-refractivity contribution in [3.8, 4) is 0 Å². The highest BCUT2D eigenvalue weighted by Crippen LogP contribution is 2.09. The number of benzene rings is 1. The van der Waals surface area contributed by atoms with Crippen LogP contribution in [0.3, 0.4) is 0 Å². The number of rotatable bonds is 4. The summed E-state index contributed by atoms with van der Waals surface area (Å²) < 4.78 is 13.2. The van der Waals surface area contributed by atoms with Crippen LogP contribution in [0.2, 0.25) is 0 Å². The van der Waals surface area contributed by atoms with Crippen molar-refractivity contribution in [1.29, 1.82) is 0 Å². The summed E-state index contributed by atoms with van der Waals surface area (Å²) in [6, 6.07) is 6.82. The van der Waals surface area contributed by atoms with E-state index in [1.807, 2.05) is 24.9 Å². The fourth-order valence-electron chi connectivity index (χ4n) is 1.41. The molecule has 0 fully saturated rings. The van der Waals surface area contributed by atoms with E-state index in [-0.39, 0.29) is 11.2 Å². The second kappa shape index (κ2) is 5.32. The molecule has 3 heteroatoms. The minimum atomic E-state index is -0.151. The molecule has 0 heterocycles. The fraction of sp³-hybridized carbons (Fsp3) is 0.455. The van der Waals surface area contributed by atoms with Gasteiger partial charge in [0.05, 0.1) is 0 Å². The van der Waals surface area contributed by atoms with E-state index in [9.17, 15) is 4.39 Å². The first-order chi connectivity index (χ1) is 6.59.